The third-order valence-corrected chi connectivity index (χ3v) is 5.73. The van der Waals surface area contributed by atoms with Crippen molar-refractivity contribution in [2.75, 3.05) is 11.1 Å². The van der Waals surface area contributed by atoms with E-state index in [2.05, 4.69) is 5.32 Å². The minimum Gasteiger partial charge on any atom is -0.325 e. The van der Waals surface area contributed by atoms with Crippen molar-refractivity contribution >= 4 is 35.0 Å². The molecule has 4 aromatic rings. The lowest BCUT2D eigenvalue weighted by Crippen LogP contribution is -2.15. The average Bonchev–Trinajstić information content (AvgIpc) is 2.81. The van der Waals surface area contributed by atoms with Crippen LogP contribution in [0.2, 0.25) is 5.02 Å². The second-order valence-corrected chi connectivity index (χ2v) is 8.33. The largest absolute Gasteiger partial charge is 0.325 e. The fraction of sp³-hybridized carbons (Fsp3) is 0.0800. The topological polar surface area (TPSA) is 54.9 Å². The second-order valence-electron chi connectivity index (χ2n) is 6.95. The van der Waals surface area contributed by atoms with E-state index >= 15 is 0 Å². The molecule has 1 heterocycles. The number of aryl methyl sites for hydroxylation is 1. The molecule has 6 heteroatoms. The number of rotatable bonds is 6. The van der Waals surface area contributed by atoms with Gasteiger partial charge in [-0.2, -0.15) is 0 Å². The van der Waals surface area contributed by atoms with Crippen LogP contribution in [0.25, 0.3) is 22.5 Å². The van der Waals surface area contributed by atoms with E-state index in [1.165, 1.54) is 11.8 Å². The number of nitrogens with one attached hydrogen (secondary N) is 1. The molecule has 4 nitrogen and oxygen atoms in total. The van der Waals surface area contributed by atoms with Crippen molar-refractivity contribution < 1.29 is 4.79 Å². The molecule has 0 aliphatic carbocycles. The summed E-state index contributed by atoms with van der Waals surface area (Å²) in [6, 6.07) is 27.3. The second kappa shape index (κ2) is 9.77. The number of carbonyl (C=O) groups excluding carboxylic acids is 1. The van der Waals surface area contributed by atoms with Crippen LogP contribution in [0.1, 0.15) is 5.56 Å². The molecule has 1 amide bonds. The van der Waals surface area contributed by atoms with E-state index in [-0.39, 0.29) is 11.7 Å². The highest BCUT2D eigenvalue weighted by molar-refractivity contribution is 7.99. The summed E-state index contributed by atoms with van der Waals surface area (Å²) in [5.41, 5.74) is 5.32. The van der Waals surface area contributed by atoms with E-state index in [0.717, 1.165) is 28.1 Å². The summed E-state index contributed by atoms with van der Waals surface area (Å²) in [7, 11) is 0. The van der Waals surface area contributed by atoms with Crippen molar-refractivity contribution in [1.29, 1.82) is 0 Å². The summed E-state index contributed by atoms with van der Waals surface area (Å²) in [4.78, 5) is 21.9. The molecule has 0 saturated carbocycles. The van der Waals surface area contributed by atoms with Gasteiger partial charge in [0.25, 0.3) is 0 Å². The van der Waals surface area contributed by atoms with Crippen LogP contribution in [-0.4, -0.2) is 21.6 Å². The summed E-state index contributed by atoms with van der Waals surface area (Å²) in [5, 5.41) is 4.05. The maximum absolute atomic E-state index is 12.5. The Balaban J connectivity index is 1.57. The monoisotopic (exact) mass is 445 g/mol. The summed E-state index contributed by atoms with van der Waals surface area (Å²) in [6.45, 7) is 1.93. The van der Waals surface area contributed by atoms with E-state index in [0.29, 0.717) is 15.9 Å². The molecule has 3 aromatic carbocycles. The Morgan fingerprint density at radius 1 is 0.871 bits per heavy atom. The molecule has 4 rings (SSSR count). The van der Waals surface area contributed by atoms with Gasteiger partial charge < -0.3 is 5.32 Å². The number of hydrogen-bond acceptors (Lipinski definition) is 4. The number of halogens is 1. The predicted molar refractivity (Wildman–Crippen MR) is 128 cm³/mol. The van der Waals surface area contributed by atoms with Crippen LogP contribution >= 0.6 is 23.4 Å². The van der Waals surface area contributed by atoms with E-state index in [9.17, 15) is 4.79 Å². The number of anilines is 1. The van der Waals surface area contributed by atoms with Gasteiger partial charge in [-0.1, -0.05) is 90.1 Å². The highest BCUT2D eigenvalue weighted by Crippen LogP contribution is 2.27. The van der Waals surface area contributed by atoms with Crippen LogP contribution in [0.3, 0.4) is 0 Å². The number of aromatic nitrogens is 2. The molecule has 0 fully saturated rings. The van der Waals surface area contributed by atoms with Gasteiger partial charge in [-0.25, -0.2) is 9.97 Å². The van der Waals surface area contributed by atoms with Crippen molar-refractivity contribution in [3.8, 4) is 22.5 Å². The molecule has 1 aromatic heterocycles. The normalized spacial score (nSPS) is 10.6. The van der Waals surface area contributed by atoms with Crippen LogP contribution < -0.4 is 5.32 Å². The highest BCUT2D eigenvalue weighted by atomic mass is 35.5. The lowest BCUT2D eigenvalue weighted by atomic mass is 10.1. The fourth-order valence-corrected chi connectivity index (χ4v) is 3.88. The molecule has 0 unspecified atom stereocenters. The van der Waals surface area contributed by atoms with Crippen LogP contribution in [0.15, 0.2) is 90.1 Å². The first-order valence-electron chi connectivity index (χ1n) is 9.77. The summed E-state index contributed by atoms with van der Waals surface area (Å²) < 4.78 is 0. The molecule has 0 aliphatic rings. The van der Waals surface area contributed by atoms with E-state index in [1.54, 1.807) is 12.1 Å². The predicted octanol–water partition coefficient (Wildman–Crippen LogP) is 6.50. The molecular weight excluding hydrogens is 426 g/mol. The smallest absolute Gasteiger partial charge is 0.234 e. The Labute approximate surface area is 190 Å². The van der Waals surface area contributed by atoms with E-state index in [4.69, 9.17) is 21.6 Å². The molecule has 0 radical (unpaired) electrons. The molecule has 0 bridgehead atoms. The number of thioether (sulfide) groups is 1. The van der Waals surface area contributed by atoms with Crippen LogP contribution in [-0.2, 0) is 4.79 Å². The third-order valence-electron chi connectivity index (χ3n) is 4.65. The molecule has 0 spiro atoms. The minimum absolute atomic E-state index is 0.134. The lowest BCUT2D eigenvalue weighted by molar-refractivity contribution is -0.113. The molecule has 1 N–H and O–H groups in total. The first-order valence-corrected chi connectivity index (χ1v) is 11.1. The van der Waals surface area contributed by atoms with Crippen LogP contribution in [0, 0.1) is 6.92 Å². The van der Waals surface area contributed by atoms with Gasteiger partial charge in [0.1, 0.15) is 0 Å². The number of carbonyl (C=O) groups is 1. The number of benzene rings is 3. The summed E-state index contributed by atoms with van der Waals surface area (Å²) in [5.74, 6) is 0.0589. The maximum atomic E-state index is 12.5. The fourth-order valence-electron chi connectivity index (χ4n) is 3.05. The van der Waals surface area contributed by atoms with Gasteiger partial charge in [-0.3, -0.25) is 4.79 Å². The van der Waals surface area contributed by atoms with Crippen LogP contribution in [0.4, 0.5) is 5.69 Å². The van der Waals surface area contributed by atoms with Gasteiger partial charge in [-0.15, -0.1) is 0 Å². The Morgan fingerprint density at radius 2 is 1.45 bits per heavy atom. The Morgan fingerprint density at radius 3 is 2.03 bits per heavy atom. The summed E-state index contributed by atoms with van der Waals surface area (Å²) >= 11 is 7.36. The molecule has 154 valence electrons. The van der Waals surface area contributed by atoms with Crippen molar-refractivity contribution in [2.24, 2.45) is 0 Å². The quantitative estimate of drug-likeness (QED) is 0.271. The zero-order valence-electron chi connectivity index (χ0n) is 16.9. The zero-order chi connectivity index (χ0) is 21.6. The molecule has 0 aliphatic heterocycles. The van der Waals surface area contributed by atoms with Gasteiger partial charge in [0, 0.05) is 21.8 Å². The first-order chi connectivity index (χ1) is 15.1. The zero-order valence-corrected chi connectivity index (χ0v) is 18.5. The minimum atomic E-state index is -0.134. The van der Waals surface area contributed by atoms with Gasteiger partial charge in [0.05, 0.1) is 17.1 Å². The Kier molecular flexibility index (Phi) is 6.65. The average molecular weight is 446 g/mol. The number of hydrogen-bond donors (Lipinski definition) is 1. The van der Waals surface area contributed by atoms with Gasteiger partial charge >= 0.3 is 0 Å². The molecular formula is C25H20ClN3OS. The third kappa shape index (κ3) is 5.51. The number of amides is 1. The Bertz CT molecular complexity index is 1140. The van der Waals surface area contributed by atoms with E-state index in [1.807, 2.05) is 79.7 Å². The maximum Gasteiger partial charge on any atom is 0.234 e. The summed E-state index contributed by atoms with van der Waals surface area (Å²) in [6.07, 6.45) is 0. The molecule has 31 heavy (non-hydrogen) atoms. The molecule has 0 saturated heterocycles. The SMILES string of the molecule is Cc1ccc(Cl)cc1NC(=O)CSc1nc(-c2ccccc2)cc(-c2ccccc2)n1. The van der Waals surface area contributed by atoms with Crippen molar-refractivity contribution in [1.82, 2.24) is 9.97 Å². The lowest BCUT2D eigenvalue weighted by Gasteiger charge is -2.10. The van der Waals surface area contributed by atoms with Crippen LogP contribution in [0.5, 0.6) is 0 Å². The van der Waals surface area contributed by atoms with Gasteiger partial charge in [-0.05, 0) is 30.7 Å². The van der Waals surface area contributed by atoms with E-state index < -0.39 is 0 Å². The number of nitrogens with zero attached hydrogens (tertiary/aromatic N) is 2. The van der Waals surface area contributed by atoms with Gasteiger partial charge in [0.15, 0.2) is 5.16 Å². The standard InChI is InChI=1S/C25H20ClN3OS/c1-17-12-13-20(26)14-21(17)27-24(30)16-31-25-28-22(18-8-4-2-5-9-18)15-23(29-25)19-10-6-3-7-11-19/h2-15H,16H2,1H3,(H,27,30). The van der Waals surface area contributed by atoms with Gasteiger partial charge in [0.2, 0.25) is 5.91 Å². The van der Waals surface area contributed by atoms with Crippen molar-refractivity contribution in [3.63, 3.8) is 0 Å². The molecule has 0 atom stereocenters. The van der Waals surface area contributed by atoms with Crippen molar-refractivity contribution in [2.45, 2.75) is 12.1 Å². The Hall–Kier alpha value is -3.15. The first kappa shape index (κ1) is 21.1. The highest BCUT2D eigenvalue weighted by Gasteiger charge is 2.12. The van der Waals surface area contributed by atoms with Crippen molar-refractivity contribution in [3.05, 3.63) is 95.5 Å².